The Bertz CT molecular complexity index is 619. The first-order chi connectivity index (χ1) is 9.47. The second kappa shape index (κ2) is 6.57. The molecule has 2 N–H and O–H groups in total. The molecule has 2 nitrogen and oxygen atoms in total. The minimum absolute atomic E-state index is 0.132. The van der Waals surface area contributed by atoms with Crippen molar-refractivity contribution in [1.29, 1.82) is 0 Å². The van der Waals surface area contributed by atoms with Crippen LogP contribution < -0.4 is 10.5 Å². The van der Waals surface area contributed by atoms with Gasteiger partial charge >= 0.3 is 0 Å². The molecule has 2 aromatic rings. The van der Waals surface area contributed by atoms with E-state index in [1.54, 1.807) is 30.3 Å². The smallest absolute Gasteiger partial charge is 0.129 e. The molecule has 106 valence electrons. The van der Waals surface area contributed by atoms with E-state index in [0.717, 1.165) is 10.0 Å². The summed E-state index contributed by atoms with van der Waals surface area (Å²) in [6.45, 7) is 1.98. The van der Waals surface area contributed by atoms with Crippen molar-refractivity contribution in [3.05, 3.63) is 62.8 Å². The molecular formula is C15H14BrClFNO. The largest absolute Gasteiger partial charge is 0.488 e. The van der Waals surface area contributed by atoms with Crippen LogP contribution in [0.2, 0.25) is 5.02 Å². The number of halogens is 3. The van der Waals surface area contributed by atoms with Crippen LogP contribution in [0.4, 0.5) is 4.39 Å². The lowest BCUT2D eigenvalue weighted by molar-refractivity contribution is 0.295. The molecule has 0 unspecified atom stereocenters. The van der Waals surface area contributed by atoms with Crippen molar-refractivity contribution in [2.75, 3.05) is 0 Å². The molecule has 0 saturated heterocycles. The van der Waals surface area contributed by atoms with E-state index in [9.17, 15) is 4.39 Å². The lowest BCUT2D eigenvalue weighted by Crippen LogP contribution is -2.08. The Balaban J connectivity index is 2.20. The molecule has 0 fully saturated rings. The van der Waals surface area contributed by atoms with Gasteiger partial charge in [0, 0.05) is 26.7 Å². The normalized spacial score (nSPS) is 12.2. The van der Waals surface area contributed by atoms with Gasteiger partial charge in [-0.05, 0) is 43.3 Å². The zero-order chi connectivity index (χ0) is 14.7. The molecule has 20 heavy (non-hydrogen) atoms. The van der Waals surface area contributed by atoms with Crippen molar-refractivity contribution >= 4 is 27.5 Å². The third-order valence-corrected chi connectivity index (χ3v) is 3.58. The molecule has 0 amide bonds. The van der Waals surface area contributed by atoms with Crippen LogP contribution in [-0.2, 0) is 6.61 Å². The molecule has 0 bridgehead atoms. The second-order valence-corrected chi connectivity index (χ2v) is 5.85. The minimum Gasteiger partial charge on any atom is -0.488 e. The molecule has 0 aliphatic heterocycles. The maximum Gasteiger partial charge on any atom is 0.129 e. The highest BCUT2D eigenvalue weighted by atomic mass is 79.9. The summed E-state index contributed by atoms with van der Waals surface area (Å²) in [6.07, 6.45) is 0. The maximum absolute atomic E-state index is 13.6. The third kappa shape index (κ3) is 3.72. The van der Waals surface area contributed by atoms with Gasteiger partial charge < -0.3 is 10.5 Å². The monoisotopic (exact) mass is 357 g/mol. The Morgan fingerprint density at radius 2 is 2.05 bits per heavy atom. The molecule has 0 saturated carbocycles. The first kappa shape index (κ1) is 15.3. The summed E-state index contributed by atoms with van der Waals surface area (Å²) in [5.41, 5.74) is 7.16. The van der Waals surface area contributed by atoms with E-state index < -0.39 is 0 Å². The summed E-state index contributed by atoms with van der Waals surface area (Å²) in [5.74, 6) is 0.313. The highest BCUT2D eigenvalue weighted by molar-refractivity contribution is 9.10. The molecule has 0 heterocycles. The summed E-state index contributed by atoms with van der Waals surface area (Å²) in [7, 11) is 0. The Labute approximate surface area is 130 Å². The van der Waals surface area contributed by atoms with Gasteiger partial charge in [0.2, 0.25) is 0 Å². The average Bonchev–Trinajstić information content (AvgIpc) is 2.40. The van der Waals surface area contributed by atoms with Crippen LogP contribution in [-0.4, -0.2) is 0 Å². The van der Waals surface area contributed by atoms with E-state index in [0.29, 0.717) is 16.3 Å². The minimum atomic E-state index is -0.301. The number of nitrogens with two attached hydrogens (primary N) is 1. The zero-order valence-corrected chi connectivity index (χ0v) is 13.2. The van der Waals surface area contributed by atoms with Crippen molar-refractivity contribution < 1.29 is 9.13 Å². The van der Waals surface area contributed by atoms with Crippen molar-refractivity contribution in [3.8, 4) is 5.75 Å². The maximum atomic E-state index is 13.6. The quantitative estimate of drug-likeness (QED) is 0.848. The zero-order valence-electron chi connectivity index (χ0n) is 10.9. The van der Waals surface area contributed by atoms with Gasteiger partial charge in [-0.15, -0.1) is 0 Å². The summed E-state index contributed by atoms with van der Waals surface area (Å²) in [4.78, 5) is 0. The van der Waals surface area contributed by atoms with E-state index in [1.165, 1.54) is 6.07 Å². The summed E-state index contributed by atoms with van der Waals surface area (Å²) in [6, 6.07) is 9.76. The van der Waals surface area contributed by atoms with Crippen LogP contribution in [0.1, 0.15) is 24.1 Å². The van der Waals surface area contributed by atoms with Crippen LogP contribution in [0.5, 0.6) is 5.75 Å². The topological polar surface area (TPSA) is 35.2 Å². The van der Waals surface area contributed by atoms with Gasteiger partial charge in [-0.1, -0.05) is 27.5 Å². The van der Waals surface area contributed by atoms with E-state index in [-0.39, 0.29) is 18.5 Å². The molecule has 0 aliphatic rings. The van der Waals surface area contributed by atoms with E-state index in [2.05, 4.69) is 15.9 Å². The van der Waals surface area contributed by atoms with Crippen LogP contribution in [0.3, 0.4) is 0 Å². The second-order valence-electron chi connectivity index (χ2n) is 4.50. The number of ether oxygens (including phenoxy) is 1. The van der Waals surface area contributed by atoms with Gasteiger partial charge in [0.1, 0.15) is 18.2 Å². The first-order valence-electron chi connectivity index (χ1n) is 6.09. The molecule has 2 aromatic carbocycles. The van der Waals surface area contributed by atoms with Gasteiger partial charge in [-0.2, -0.15) is 0 Å². The average molecular weight is 359 g/mol. The van der Waals surface area contributed by atoms with Crippen molar-refractivity contribution in [1.82, 2.24) is 0 Å². The van der Waals surface area contributed by atoms with E-state index in [4.69, 9.17) is 22.1 Å². The Morgan fingerprint density at radius 1 is 1.30 bits per heavy atom. The van der Waals surface area contributed by atoms with E-state index >= 15 is 0 Å². The fourth-order valence-corrected chi connectivity index (χ4v) is 2.41. The molecule has 2 rings (SSSR count). The lowest BCUT2D eigenvalue weighted by atomic mass is 10.1. The van der Waals surface area contributed by atoms with Crippen LogP contribution in [0.15, 0.2) is 40.9 Å². The predicted octanol–water partition coefficient (Wildman–Crippen LogP) is 4.84. The molecular weight excluding hydrogens is 345 g/mol. The van der Waals surface area contributed by atoms with Gasteiger partial charge in [-0.25, -0.2) is 4.39 Å². The van der Waals surface area contributed by atoms with Gasteiger partial charge in [-0.3, -0.25) is 0 Å². The van der Waals surface area contributed by atoms with Crippen molar-refractivity contribution in [3.63, 3.8) is 0 Å². The van der Waals surface area contributed by atoms with Crippen LogP contribution in [0.25, 0.3) is 0 Å². The predicted molar refractivity (Wildman–Crippen MR) is 82.5 cm³/mol. The Hall–Kier alpha value is -1.10. The fourth-order valence-electron chi connectivity index (χ4n) is 1.82. The Kier molecular flexibility index (Phi) is 5.02. The standard InChI is InChI=1S/C15H14BrClFNO/c1-9(19)13-7-12(17)3-5-15(13)20-8-10-6-11(16)2-4-14(10)18/h2-7,9H,8,19H2,1H3/t9-/m1/s1. The van der Waals surface area contributed by atoms with Crippen LogP contribution in [0, 0.1) is 5.82 Å². The first-order valence-corrected chi connectivity index (χ1v) is 7.26. The number of rotatable bonds is 4. The molecule has 0 spiro atoms. The Morgan fingerprint density at radius 3 is 2.75 bits per heavy atom. The molecule has 0 aliphatic carbocycles. The van der Waals surface area contributed by atoms with Gasteiger partial charge in [0.15, 0.2) is 0 Å². The molecule has 5 heteroatoms. The highest BCUT2D eigenvalue weighted by Gasteiger charge is 2.10. The highest BCUT2D eigenvalue weighted by Crippen LogP contribution is 2.28. The number of hydrogen-bond donors (Lipinski definition) is 1. The summed E-state index contributed by atoms with van der Waals surface area (Å²) < 4.78 is 20.1. The number of benzene rings is 2. The summed E-state index contributed by atoms with van der Waals surface area (Å²) in [5, 5.41) is 0.596. The van der Waals surface area contributed by atoms with Crippen molar-refractivity contribution in [2.45, 2.75) is 19.6 Å². The van der Waals surface area contributed by atoms with E-state index in [1.807, 2.05) is 6.92 Å². The lowest BCUT2D eigenvalue weighted by Gasteiger charge is -2.15. The number of hydrogen-bond acceptors (Lipinski definition) is 2. The molecule has 1 atom stereocenters. The molecule has 0 radical (unpaired) electrons. The summed E-state index contributed by atoms with van der Waals surface area (Å²) >= 11 is 9.26. The SMILES string of the molecule is C[C@@H](N)c1cc(Cl)ccc1OCc1cc(Br)ccc1F. The van der Waals surface area contributed by atoms with Gasteiger partial charge in [0.05, 0.1) is 0 Å². The van der Waals surface area contributed by atoms with Crippen LogP contribution >= 0.6 is 27.5 Å². The van der Waals surface area contributed by atoms with Crippen molar-refractivity contribution in [2.24, 2.45) is 5.73 Å². The third-order valence-electron chi connectivity index (χ3n) is 2.85. The fraction of sp³-hybridized carbons (Fsp3) is 0.200. The van der Waals surface area contributed by atoms with Gasteiger partial charge in [0.25, 0.3) is 0 Å². The molecule has 0 aromatic heterocycles.